The number of amides is 3. The summed E-state index contributed by atoms with van der Waals surface area (Å²) in [5.74, 6) is -0.866. The maximum atomic E-state index is 12.5. The Bertz CT molecular complexity index is 782. The Kier molecular flexibility index (Phi) is 6.16. The van der Waals surface area contributed by atoms with Gasteiger partial charge in [0.1, 0.15) is 5.58 Å². The maximum Gasteiger partial charge on any atom is 0.287 e. The lowest BCUT2D eigenvalue weighted by atomic mass is 10.1. The average molecular weight is 345 g/mol. The van der Waals surface area contributed by atoms with Gasteiger partial charge in [-0.1, -0.05) is 31.5 Å². The van der Waals surface area contributed by atoms with Crippen LogP contribution in [-0.4, -0.2) is 29.3 Å². The van der Waals surface area contributed by atoms with E-state index in [4.69, 9.17) is 4.42 Å². The predicted molar refractivity (Wildman–Crippen MR) is 93.5 cm³/mol. The number of hydrazine groups is 1. The molecule has 25 heavy (non-hydrogen) atoms. The van der Waals surface area contributed by atoms with Gasteiger partial charge in [0, 0.05) is 31.3 Å². The van der Waals surface area contributed by atoms with Crippen LogP contribution in [0.4, 0.5) is 0 Å². The SMILES string of the molecule is CCCCNC(=O)c1oc2ccccc2c1CN(NC(C)=O)C(C)=O. The number of rotatable bonds is 6. The van der Waals surface area contributed by atoms with Gasteiger partial charge in [-0.25, -0.2) is 5.01 Å². The van der Waals surface area contributed by atoms with Crippen molar-refractivity contribution in [3.63, 3.8) is 0 Å². The number of para-hydroxylation sites is 1. The Morgan fingerprint density at radius 1 is 1.16 bits per heavy atom. The molecule has 0 unspecified atom stereocenters. The van der Waals surface area contributed by atoms with Crippen LogP contribution in [0.15, 0.2) is 28.7 Å². The highest BCUT2D eigenvalue weighted by molar-refractivity contribution is 5.99. The van der Waals surface area contributed by atoms with Crippen LogP contribution in [0.5, 0.6) is 0 Å². The van der Waals surface area contributed by atoms with Crippen molar-refractivity contribution in [2.75, 3.05) is 6.54 Å². The summed E-state index contributed by atoms with van der Waals surface area (Å²) >= 11 is 0. The molecule has 0 bridgehead atoms. The van der Waals surface area contributed by atoms with Crippen molar-refractivity contribution in [2.45, 2.75) is 40.2 Å². The van der Waals surface area contributed by atoms with Gasteiger partial charge in [-0.05, 0) is 12.5 Å². The molecule has 1 heterocycles. The van der Waals surface area contributed by atoms with Crippen LogP contribution in [-0.2, 0) is 16.1 Å². The number of unbranched alkanes of at least 4 members (excludes halogenated alkanes) is 1. The molecule has 0 aliphatic carbocycles. The first kappa shape index (κ1) is 18.5. The summed E-state index contributed by atoms with van der Waals surface area (Å²) in [6.45, 7) is 5.30. The number of carbonyl (C=O) groups excluding carboxylic acids is 3. The Hall–Kier alpha value is -2.83. The van der Waals surface area contributed by atoms with Crippen molar-refractivity contribution < 1.29 is 18.8 Å². The summed E-state index contributed by atoms with van der Waals surface area (Å²) in [5, 5.41) is 4.73. The molecule has 3 amide bonds. The lowest BCUT2D eigenvalue weighted by Crippen LogP contribution is -2.43. The fourth-order valence-electron chi connectivity index (χ4n) is 2.48. The molecule has 134 valence electrons. The molecule has 2 N–H and O–H groups in total. The van der Waals surface area contributed by atoms with E-state index in [2.05, 4.69) is 10.7 Å². The quantitative estimate of drug-likeness (QED) is 0.621. The van der Waals surface area contributed by atoms with E-state index in [1.807, 2.05) is 25.1 Å². The summed E-state index contributed by atoms with van der Waals surface area (Å²) in [6, 6.07) is 7.23. The van der Waals surface area contributed by atoms with Crippen LogP contribution < -0.4 is 10.7 Å². The molecule has 1 aromatic carbocycles. The molecule has 7 nitrogen and oxygen atoms in total. The fourth-order valence-corrected chi connectivity index (χ4v) is 2.48. The largest absolute Gasteiger partial charge is 0.451 e. The zero-order chi connectivity index (χ0) is 18.4. The van der Waals surface area contributed by atoms with Crippen LogP contribution in [0, 0.1) is 0 Å². The molecule has 0 aliphatic rings. The molecule has 0 aliphatic heterocycles. The van der Waals surface area contributed by atoms with E-state index in [0.717, 1.165) is 18.2 Å². The first-order valence-corrected chi connectivity index (χ1v) is 8.28. The number of nitrogens with one attached hydrogen (secondary N) is 2. The highest BCUT2D eigenvalue weighted by atomic mass is 16.3. The molecule has 0 atom stereocenters. The van der Waals surface area contributed by atoms with Gasteiger partial charge in [-0.15, -0.1) is 0 Å². The molecule has 0 saturated heterocycles. The van der Waals surface area contributed by atoms with Gasteiger partial charge in [-0.2, -0.15) is 0 Å². The molecule has 2 rings (SSSR count). The minimum absolute atomic E-state index is 0.0441. The lowest BCUT2D eigenvalue weighted by Gasteiger charge is -2.21. The van der Waals surface area contributed by atoms with E-state index >= 15 is 0 Å². The number of furan rings is 1. The van der Waals surface area contributed by atoms with Crippen molar-refractivity contribution in [2.24, 2.45) is 0 Å². The maximum absolute atomic E-state index is 12.5. The topological polar surface area (TPSA) is 91.7 Å². The van der Waals surface area contributed by atoms with Gasteiger partial charge in [0.05, 0.1) is 6.54 Å². The second-order valence-corrected chi connectivity index (χ2v) is 5.79. The van der Waals surface area contributed by atoms with E-state index in [1.54, 1.807) is 6.07 Å². The highest BCUT2D eigenvalue weighted by Crippen LogP contribution is 2.27. The zero-order valence-electron chi connectivity index (χ0n) is 14.7. The van der Waals surface area contributed by atoms with Gasteiger partial charge in [0.15, 0.2) is 5.76 Å². The van der Waals surface area contributed by atoms with E-state index in [-0.39, 0.29) is 30.0 Å². The number of benzene rings is 1. The van der Waals surface area contributed by atoms with Crippen LogP contribution in [0.25, 0.3) is 11.0 Å². The Labute approximate surface area is 146 Å². The summed E-state index contributed by atoms with van der Waals surface area (Å²) in [4.78, 5) is 35.6. The van der Waals surface area contributed by atoms with Crippen molar-refractivity contribution in [1.29, 1.82) is 0 Å². The number of hydrogen-bond donors (Lipinski definition) is 2. The number of carbonyl (C=O) groups is 3. The average Bonchev–Trinajstić information content (AvgIpc) is 2.93. The van der Waals surface area contributed by atoms with Crippen molar-refractivity contribution >= 4 is 28.7 Å². The van der Waals surface area contributed by atoms with Crippen LogP contribution in [0.1, 0.15) is 49.7 Å². The van der Waals surface area contributed by atoms with Crippen molar-refractivity contribution in [3.05, 3.63) is 35.6 Å². The molecule has 7 heteroatoms. The Morgan fingerprint density at radius 2 is 1.88 bits per heavy atom. The summed E-state index contributed by atoms with van der Waals surface area (Å²) in [7, 11) is 0. The first-order valence-electron chi connectivity index (χ1n) is 8.28. The summed E-state index contributed by atoms with van der Waals surface area (Å²) in [6.07, 6.45) is 1.83. The molecular formula is C18H23N3O4. The third-order valence-electron chi connectivity index (χ3n) is 3.71. The number of hydrogen-bond acceptors (Lipinski definition) is 4. The fraction of sp³-hybridized carbons (Fsp3) is 0.389. The van der Waals surface area contributed by atoms with Gasteiger partial charge in [-0.3, -0.25) is 19.8 Å². The Morgan fingerprint density at radius 3 is 2.52 bits per heavy atom. The molecule has 0 fully saturated rings. The predicted octanol–water partition coefficient (Wildman–Crippen LogP) is 2.36. The second kappa shape index (κ2) is 8.32. The lowest BCUT2D eigenvalue weighted by molar-refractivity contribution is -0.139. The van der Waals surface area contributed by atoms with Crippen LogP contribution in [0.2, 0.25) is 0 Å². The minimum Gasteiger partial charge on any atom is -0.451 e. The summed E-state index contributed by atoms with van der Waals surface area (Å²) < 4.78 is 5.71. The number of fused-ring (bicyclic) bond motifs is 1. The van der Waals surface area contributed by atoms with Crippen molar-refractivity contribution in [3.8, 4) is 0 Å². The van der Waals surface area contributed by atoms with Gasteiger partial charge in [0.2, 0.25) is 11.8 Å². The van der Waals surface area contributed by atoms with Crippen LogP contribution >= 0.6 is 0 Å². The zero-order valence-corrected chi connectivity index (χ0v) is 14.7. The smallest absolute Gasteiger partial charge is 0.287 e. The Balaban J connectivity index is 2.38. The normalized spacial score (nSPS) is 10.5. The third-order valence-corrected chi connectivity index (χ3v) is 3.71. The van der Waals surface area contributed by atoms with E-state index in [9.17, 15) is 14.4 Å². The van der Waals surface area contributed by atoms with Gasteiger partial charge in [0.25, 0.3) is 5.91 Å². The van der Waals surface area contributed by atoms with E-state index < -0.39 is 0 Å². The monoisotopic (exact) mass is 345 g/mol. The minimum atomic E-state index is -0.364. The molecule has 0 spiro atoms. The first-order chi connectivity index (χ1) is 11.9. The van der Waals surface area contributed by atoms with Crippen LogP contribution in [0.3, 0.4) is 0 Å². The number of nitrogens with zero attached hydrogens (tertiary/aromatic N) is 1. The third kappa shape index (κ3) is 4.59. The van der Waals surface area contributed by atoms with E-state index in [0.29, 0.717) is 17.7 Å². The van der Waals surface area contributed by atoms with Crippen molar-refractivity contribution in [1.82, 2.24) is 15.8 Å². The second-order valence-electron chi connectivity index (χ2n) is 5.79. The van der Waals surface area contributed by atoms with Gasteiger partial charge < -0.3 is 9.73 Å². The molecular weight excluding hydrogens is 322 g/mol. The molecule has 1 aromatic heterocycles. The molecule has 2 aromatic rings. The standard InChI is InChI=1S/C18H23N3O4/c1-4-5-10-19-18(24)17-15(11-21(13(3)23)20-12(2)22)14-8-6-7-9-16(14)25-17/h6-9H,4-5,10-11H2,1-3H3,(H,19,24)(H,20,22). The van der Waals surface area contributed by atoms with E-state index in [1.165, 1.54) is 18.9 Å². The molecule has 0 radical (unpaired) electrons. The van der Waals surface area contributed by atoms with Gasteiger partial charge >= 0.3 is 0 Å². The summed E-state index contributed by atoms with van der Waals surface area (Å²) in [5.41, 5.74) is 3.60. The molecule has 0 saturated carbocycles. The highest BCUT2D eigenvalue weighted by Gasteiger charge is 2.23.